The topological polar surface area (TPSA) is 107 Å². The molecule has 37 heavy (non-hydrogen) atoms. The molecule has 0 aromatic heterocycles. The summed E-state index contributed by atoms with van der Waals surface area (Å²) in [6.07, 6.45) is 3.82. The van der Waals surface area contributed by atoms with Crippen molar-refractivity contribution in [3.8, 4) is 0 Å². The van der Waals surface area contributed by atoms with E-state index in [2.05, 4.69) is 13.5 Å². The van der Waals surface area contributed by atoms with E-state index in [0.717, 1.165) is 24.0 Å². The van der Waals surface area contributed by atoms with Gasteiger partial charge in [-0.05, 0) is 68.1 Å². The monoisotopic (exact) mass is 506 g/mol. The maximum absolute atomic E-state index is 13.6. The molecule has 0 aromatic carbocycles. The maximum Gasteiger partial charge on any atom is 0.333 e. The minimum Gasteiger partial charge on any atom is -0.461 e. The second-order valence-electron chi connectivity index (χ2n) is 12.1. The Balaban J connectivity index is 1.27. The molecule has 7 heteroatoms. The average molecular weight is 507 g/mol. The summed E-state index contributed by atoms with van der Waals surface area (Å²) in [5, 5.41) is 9.92. The largest absolute Gasteiger partial charge is 0.461 e. The van der Waals surface area contributed by atoms with Crippen molar-refractivity contribution < 1.29 is 33.8 Å². The van der Waals surface area contributed by atoms with E-state index in [0.29, 0.717) is 23.1 Å². The van der Waals surface area contributed by atoms with E-state index in [1.54, 1.807) is 13.0 Å². The van der Waals surface area contributed by atoms with Crippen molar-refractivity contribution in [1.29, 1.82) is 0 Å². The Morgan fingerprint density at radius 2 is 1.92 bits per heavy atom. The first kappa shape index (κ1) is 24.5. The number of fused-ring (bicyclic) bond motifs is 4. The molecule has 2 saturated carbocycles. The molecule has 5 aliphatic carbocycles. The van der Waals surface area contributed by atoms with Crippen LogP contribution in [0.5, 0.6) is 0 Å². The molecular formula is C30H34O7. The number of allylic oxidation sites excluding steroid dienone is 3. The van der Waals surface area contributed by atoms with Crippen LogP contribution in [0.4, 0.5) is 0 Å². The number of carbonyl (C=O) groups excluding carboxylic acids is 4. The first-order chi connectivity index (χ1) is 17.5. The number of ether oxygens (including phenoxy) is 2. The van der Waals surface area contributed by atoms with Gasteiger partial charge in [0, 0.05) is 34.8 Å². The summed E-state index contributed by atoms with van der Waals surface area (Å²) in [7, 11) is 0. The van der Waals surface area contributed by atoms with Crippen molar-refractivity contribution in [1.82, 2.24) is 0 Å². The van der Waals surface area contributed by atoms with Gasteiger partial charge in [0.15, 0.2) is 11.6 Å². The number of hydrogen-bond acceptors (Lipinski definition) is 7. The van der Waals surface area contributed by atoms with Crippen molar-refractivity contribution in [3.63, 3.8) is 0 Å². The van der Waals surface area contributed by atoms with Crippen LogP contribution in [-0.2, 0) is 28.7 Å². The SMILES string of the molecule is C=C(C(=O)OC1CC(C)=C2C(=O)C=C(CO)C2C2OC(=O)C(C)C12)C1CCC(C)C23C(=O)C=C(C)C2C13. The zero-order chi connectivity index (χ0) is 26.5. The minimum absolute atomic E-state index is 0.0871. The lowest BCUT2D eigenvalue weighted by molar-refractivity contribution is -0.150. The molecule has 6 aliphatic rings. The lowest BCUT2D eigenvalue weighted by Gasteiger charge is -2.34. The van der Waals surface area contributed by atoms with Crippen molar-refractivity contribution in [2.75, 3.05) is 6.61 Å². The fourth-order valence-electron chi connectivity index (χ4n) is 8.80. The molecule has 0 amide bonds. The van der Waals surface area contributed by atoms with E-state index in [9.17, 15) is 24.3 Å². The van der Waals surface area contributed by atoms with Crippen LogP contribution in [0, 0.1) is 46.8 Å². The van der Waals surface area contributed by atoms with Gasteiger partial charge in [-0.25, -0.2) is 4.79 Å². The van der Waals surface area contributed by atoms with Gasteiger partial charge in [-0.3, -0.25) is 14.4 Å². The number of aliphatic hydroxyl groups is 1. The van der Waals surface area contributed by atoms with E-state index in [-0.39, 0.29) is 47.8 Å². The molecule has 3 fully saturated rings. The van der Waals surface area contributed by atoms with Crippen LogP contribution in [0.2, 0.25) is 0 Å². The van der Waals surface area contributed by atoms with Gasteiger partial charge in [0.1, 0.15) is 12.2 Å². The van der Waals surface area contributed by atoms with Crippen LogP contribution < -0.4 is 0 Å². The summed E-state index contributed by atoms with van der Waals surface area (Å²) in [4.78, 5) is 52.0. The predicted octanol–water partition coefficient (Wildman–Crippen LogP) is 3.28. The molecule has 1 saturated heterocycles. The number of rotatable bonds is 4. The highest BCUT2D eigenvalue weighted by Crippen LogP contribution is 2.76. The molecule has 1 spiro atoms. The summed E-state index contributed by atoms with van der Waals surface area (Å²) in [5.74, 6) is -1.97. The smallest absolute Gasteiger partial charge is 0.333 e. The predicted molar refractivity (Wildman–Crippen MR) is 133 cm³/mol. The highest BCUT2D eigenvalue weighted by atomic mass is 16.6. The van der Waals surface area contributed by atoms with E-state index < -0.39 is 41.3 Å². The summed E-state index contributed by atoms with van der Waals surface area (Å²) in [6, 6.07) is 0. The second-order valence-corrected chi connectivity index (χ2v) is 12.1. The molecule has 10 unspecified atom stereocenters. The summed E-state index contributed by atoms with van der Waals surface area (Å²) in [6.45, 7) is 11.6. The van der Waals surface area contributed by atoms with E-state index >= 15 is 0 Å². The molecule has 1 heterocycles. The molecular weight excluding hydrogens is 472 g/mol. The third kappa shape index (κ3) is 3.09. The number of ketones is 2. The van der Waals surface area contributed by atoms with Gasteiger partial charge in [0.2, 0.25) is 0 Å². The number of hydrogen-bond donors (Lipinski definition) is 1. The Kier molecular flexibility index (Phi) is 5.37. The Hall–Kier alpha value is -2.80. The van der Waals surface area contributed by atoms with Gasteiger partial charge in [-0.2, -0.15) is 0 Å². The number of carbonyl (C=O) groups is 4. The first-order valence-electron chi connectivity index (χ1n) is 13.4. The standard InChI is InChI=1S/C30H34O7/c1-12-8-20(23-16(5)29(35)37-27(23)24-17(11-31)10-19(32)22(12)24)36-28(34)15(4)18-7-6-14(3)30-21(33)9-13(2)25(30)26(18)30/h9-10,14,16,18,20,23-27,31H,4,6-8,11H2,1-3,5H3. The maximum atomic E-state index is 13.6. The van der Waals surface area contributed by atoms with Crippen molar-refractivity contribution in [2.45, 2.75) is 59.2 Å². The van der Waals surface area contributed by atoms with E-state index in [4.69, 9.17) is 9.47 Å². The lowest BCUT2D eigenvalue weighted by atomic mass is 9.71. The van der Waals surface area contributed by atoms with Crippen LogP contribution in [0.15, 0.2) is 46.6 Å². The molecule has 0 radical (unpaired) electrons. The molecule has 1 N–H and O–H groups in total. The third-order valence-corrected chi connectivity index (χ3v) is 10.5. The highest BCUT2D eigenvalue weighted by Gasteiger charge is 2.77. The summed E-state index contributed by atoms with van der Waals surface area (Å²) in [5.41, 5.74) is 2.95. The van der Waals surface area contributed by atoms with Crippen LogP contribution in [-0.4, -0.2) is 47.4 Å². The Labute approximate surface area is 216 Å². The van der Waals surface area contributed by atoms with E-state index in [1.807, 2.05) is 13.8 Å². The molecule has 1 aliphatic heterocycles. The molecule has 7 nitrogen and oxygen atoms in total. The summed E-state index contributed by atoms with van der Waals surface area (Å²) >= 11 is 0. The molecule has 0 aromatic rings. The van der Waals surface area contributed by atoms with Gasteiger partial charge in [0.05, 0.1) is 12.5 Å². The molecule has 0 bridgehead atoms. The van der Waals surface area contributed by atoms with Crippen LogP contribution in [0.25, 0.3) is 0 Å². The Bertz CT molecular complexity index is 1250. The second kappa shape index (κ2) is 8.10. The average Bonchev–Trinajstić information content (AvgIpc) is 3.26. The van der Waals surface area contributed by atoms with E-state index in [1.165, 1.54) is 6.08 Å². The normalized spacial score (nSPS) is 43.7. The highest BCUT2D eigenvalue weighted by molar-refractivity contribution is 6.09. The van der Waals surface area contributed by atoms with Gasteiger partial charge < -0.3 is 14.6 Å². The fraction of sp³-hybridized carbons (Fsp3) is 0.600. The molecule has 6 rings (SSSR count). The zero-order valence-corrected chi connectivity index (χ0v) is 21.8. The zero-order valence-electron chi connectivity index (χ0n) is 21.8. The van der Waals surface area contributed by atoms with Gasteiger partial charge in [-0.15, -0.1) is 0 Å². The van der Waals surface area contributed by atoms with Crippen LogP contribution in [0.1, 0.15) is 47.0 Å². The van der Waals surface area contributed by atoms with Crippen molar-refractivity contribution >= 4 is 23.5 Å². The van der Waals surface area contributed by atoms with Gasteiger partial charge in [-0.1, -0.05) is 31.6 Å². The first-order valence-corrected chi connectivity index (χ1v) is 13.4. The third-order valence-electron chi connectivity index (χ3n) is 10.5. The molecule has 10 atom stereocenters. The van der Waals surface area contributed by atoms with Crippen molar-refractivity contribution in [2.24, 2.45) is 46.8 Å². The number of aliphatic hydroxyl groups excluding tert-OH is 1. The van der Waals surface area contributed by atoms with Crippen molar-refractivity contribution in [3.05, 3.63) is 46.6 Å². The minimum atomic E-state index is -0.683. The summed E-state index contributed by atoms with van der Waals surface area (Å²) < 4.78 is 11.9. The van der Waals surface area contributed by atoms with Gasteiger partial charge in [0.25, 0.3) is 0 Å². The molecule has 196 valence electrons. The lowest BCUT2D eigenvalue weighted by Crippen LogP contribution is -2.39. The fourth-order valence-corrected chi connectivity index (χ4v) is 8.80. The van der Waals surface area contributed by atoms with Crippen LogP contribution >= 0.6 is 0 Å². The van der Waals surface area contributed by atoms with Crippen LogP contribution in [0.3, 0.4) is 0 Å². The quantitative estimate of drug-likeness (QED) is 0.461. The van der Waals surface area contributed by atoms with Gasteiger partial charge >= 0.3 is 11.9 Å². The number of esters is 2. The Morgan fingerprint density at radius 3 is 2.62 bits per heavy atom. The Morgan fingerprint density at radius 1 is 1.19 bits per heavy atom.